The fourth-order valence-electron chi connectivity index (χ4n) is 3.63. The Morgan fingerprint density at radius 2 is 1.97 bits per heavy atom. The summed E-state index contributed by atoms with van der Waals surface area (Å²) in [5.41, 5.74) is 7.34. The number of urea groups is 1. The van der Waals surface area contributed by atoms with Crippen LogP contribution in [0.25, 0.3) is 10.9 Å². The Labute approximate surface area is 187 Å². The topological polar surface area (TPSA) is 93.3 Å². The lowest BCUT2D eigenvalue weighted by molar-refractivity contribution is -0.137. The molecule has 0 fully saturated rings. The van der Waals surface area contributed by atoms with Crippen molar-refractivity contribution in [1.29, 1.82) is 0 Å². The number of nitrogens with one attached hydrogen (secondary N) is 3. The lowest BCUT2D eigenvalue weighted by Crippen LogP contribution is -2.33. The van der Waals surface area contributed by atoms with E-state index in [1.807, 2.05) is 35.0 Å². The number of fused-ring (bicyclic) bond motifs is 1. The van der Waals surface area contributed by atoms with Crippen LogP contribution in [0.5, 0.6) is 5.75 Å². The van der Waals surface area contributed by atoms with Crippen molar-refractivity contribution in [2.24, 2.45) is 5.73 Å². The number of benzene rings is 2. The number of hydrogen-bond donors (Lipinski definition) is 4. The highest BCUT2D eigenvalue weighted by molar-refractivity contribution is 6.06. The number of aromatic nitrogens is 1. The molecule has 5 N–H and O–H groups in total. The molecule has 1 unspecified atom stereocenters. The Morgan fingerprint density at radius 3 is 2.70 bits per heavy atom. The summed E-state index contributed by atoms with van der Waals surface area (Å²) >= 11 is 0. The van der Waals surface area contributed by atoms with Gasteiger partial charge in [-0.25, -0.2) is 4.79 Å². The molecule has 0 saturated heterocycles. The van der Waals surface area contributed by atoms with E-state index < -0.39 is 17.8 Å². The fraction of sp³-hybridized carbons (Fsp3) is 0.174. The number of nitrogens with two attached hydrogens (primary N) is 1. The minimum absolute atomic E-state index is 0.0875. The number of methoxy groups -OCH3 is 1. The molecule has 2 amide bonds. The maximum Gasteiger partial charge on any atom is 0.416 e. The summed E-state index contributed by atoms with van der Waals surface area (Å²) in [6, 6.07) is 9.48. The van der Waals surface area contributed by atoms with Gasteiger partial charge in [0.1, 0.15) is 5.75 Å². The van der Waals surface area contributed by atoms with Crippen LogP contribution in [0.1, 0.15) is 5.56 Å². The first-order chi connectivity index (χ1) is 15.7. The monoisotopic (exact) mass is 457 g/mol. The maximum absolute atomic E-state index is 13.1. The van der Waals surface area contributed by atoms with E-state index in [1.54, 1.807) is 18.3 Å². The molecular weight excluding hydrogens is 435 g/mol. The number of dihydropyridines is 1. The van der Waals surface area contributed by atoms with Crippen LogP contribution in [0, 0.1) is 0 Å². The Balaban J connectivity index is 1.54. The van der Waals surface area contributed by atoms with Crippen LogP contribution in [0.3, 0.4) is 0 Å². The second-order valence-corrected chi connectivity index (χ2v) is 7.44. The molecule has 1 aromatic heterocycles. The third kappa shape index (κ3) is 4.96. The highest BCUT2D eigenvalue weighted by Crippen LogP contribution is 2.35. The summed E-state index contributed by atoms with van der Waals surface area (Å²) in [5.74, 6) is 0.115. The van der Waals surface area contributed by atoms with Crippen molar-refractivity contribution < 1.29 is 22.7 Å². The highest BCUT2D eigenvalue weighted by atomic mass is 19.4. The van der Waals surface area contributed by atoms with Gasteiger partial charge in [-0.3, -0.25) is 0 Å². The van der Waals surface area contributed by atoms with Crippen molar-refractivity contribution in [2.75, 3.05) is 17.7 Å². The summed E-state index contributed by atoms with van der Waals surface area (Å²) in [5, 5.41) is 8.92. The molecule has 2 heterocycles. The molecule has 0 bridgehead atoms. The molecule has 1 aliphatic heterocycles. The quantitative estimate of drug-likeness (QED) is 0.449. The van der Waals surface area contributed by atoms with Gasteiger partial charge in [0.25, 0.3) is 0 Å². The lowest BCUT2D eigenvalue weighted by Gasteiger charge is -2.16. The number of hydrogen-bond acceptors (Lipinski definition) is 4. The summed E-state index contributed by atoms with van der Waals surface area (Å²) in [6.45, 7) is 0.590. The van der Waals surface area contributed by atoms with E-state index in [2.05, 4.69) is 16.0 Å². The zero-order valence-corrected chi connectivity index (χ0v) is 17.6. The van der Waals surface area contributed by atoms with Gasteiger partial charge in [-0.05, 0) is 60.3 Å². The normalized spacial score (nSPS) is 15.7. The molecule has 0 saturated carbocycles. The largest absolute Gasteiger partial charge is 0.495 e. The molecule has 10 heteroatoms. The number of ether oxygens (including phenoxy) is 1. The third-order valence-electron chi connectivity index (χ3n) is 5.17. The number of alkyl halides is 3. The summed E-state index contributed by atoms with van der Waals surface area (Å²) in [7, 11) is 1.31. The zero-order chi connectivity index (χ0) is 23.6. The van der Waals surface area contributed by atoms with Crippen LogP contribution >= 0.6 is 0 Å². The zero-order valence-electron chi connectivity index (χ0n) is 17.6. The molecule has 0 radical (unpaired) electrons. The molecule has 33 heavy (non-hydrogen) atoms. The Hall–Kier alpha value is -3.92. The highest BCUT2D eigenvalue weighted by Gasteiger charge is 2.31. The van der Waals surface area contributed by atoms with E-state index in [1.165, 1.54) is 7.11 Å². The molecular formula is C23H22F3N5O2. The predicted molar refractivity (Wildman–Crippen MR) is 121 cm³/mol. The second kappa shape index (κ2) is 8.91. The van der Waals surface area contributed by atoms with Crippen molar-refractivity contribution in [2.45, 2.75) is 18.9 Å². The molecule has 3 aromatic rings. The minimum atomic E-state index is -4.55. The first-order valence-electron chi connectivity index (χ1n) is 10.0. The van der Waals surface area contributed by atoms with Gasteiger partial charge in [0, 0.05) is 18.1 Å². The number of amides is 2. The van der Waals surface area contributed by atoms with Crippen molar-refractivity contribution in [3.05, 3.63) is 78.1 Å². The number of nitrogens with zero attached hydrogens (tertiary/aromatic N) is 1. The standard InChI is InChI=1S/C23H22F3N5O2/c1-33-20-6-5-15(23(24,25)26)12-18(20)30-22(32)29-17-3-2-4-19-16(17)8-10-31(19)13-14-7-9-28-21(27)11-14/h2-12,21,28H,13,27H2,1H3,(H2,29,30,32). The van der Waals surface area contributed by atoms with Gasteiger partial charge >= 0.3 is 12.2 Å². The average molecular weight is 457 g/mol. The van der Waals surface area contributed by atoms with Gasteiger partial charge in [0.15, 0.2) is 0 Å². The van der Waals surface area contributed by atoms with E-state index in [9.17, 15) is 18.0 Å². The van der Waals surface area contributed by atoms with Gasteiger partial charge in [-0.15, -0.1) is 0 Å². The molecule has 7 nitrogen and oxygen atoms in total. The van der Waals surface area contributed by atoms with E-state index >= 15 is 0 Å². The first-order valence-corrected chi connectivity index (χ1v) is 10.0. The first kappa shape index (κ1) is 22.3. The van der Waals surface area contributed by atoms with Crippen molar-refractivity contribution >= 4 is 28.3 Å². The van der Waals surface area contributed by atoms with Gasteiger partial charge in [0.2, 0.25) is 0 Å². The average Bonchev–Trinajstić information content (AvgIpc) is 3.17. The fourth-order valence-corrected chi connectivity index (χ4v) is 3.63. The van der Waals surface area contributed by atoms with Gasteiger partial charge in [-0.2, -0.15) is 13.2 Å². The number of allylic oxidation sites excluding steroid dienone is 2. The molecule has 0 spiro atoms. The Morgan fingerprint density at radius 1 is 1.18 bits per heavy atom. The molecule has 1 aliphatic rings. The number of halogens is 3. The number of carbonyl (C=O) groups is 1. The molecule has 2 aromatic carbocycles. The van der Waals surface area contributed by atoms with E-state index in [4.69, 9.17) is 10.5 Å². The van der Waals surface area contributed by atoms with Gasteiger partial charge in [0.05, 0.1) is 35.7 Å². The molecule has 0 aliphatic carbocycles. The van der Waals surface area contributed by atoms with Crippen molar-refractivity contribution in [1.82, 2.24) is 9.88 Å². The number of carbonyl (C=O) groups excluding carboxylic acids is 1. The molecule has 1 atom stereocenters. The van der Waals surface area contributed by atoms with Gasteiger partial charge in [-0.1, -0.05) is 6.07 Å². The summed E-state index contributed by atoms with van der Waals surface area (Å²) in [4.78, 5) is 12.6. The SMILES string of the molecule is COc1ccc(C(F)(F)F)cc1NC(=O)Nc1cccc2c1ccn2CC1=CC(N)NC=C1. The molecule has 172 valence electrons. The third-order valence-corrected chi connectivity index (χ3v) is 5.17. The number of anilines is 2. The lowest BCUT2D eigenvalue weighted by atomic mass is 10.1. The van der Waals surface area contributed by atoms with Gasteiger partial charge < -0.3 is 31.0 Å². The van der Waals surface area contributed by atoms with E-state index in [0.29, 0.717) is 12.2 Å². The Kier molecular flexibility index (Phi) is 6.01. The smallest absolute Gasteiger partial charge is 0.416 e. The second-order valence-electron chi connectivity index (χ2n) is 7.44. The number of rotatable bonds is 5. The van der Waals surface area contributed by atoms with E-state index in [-0.39, 0.29) is 17.6 Å². The maximum atomic E-state index is 13.1. The van der Waals surface area contributed by atoms with Crippen LogP contribution in [0.15, 0.2) is 72.6 Å². The van der Waals surface area contributed by atoms with Crippen molar-refractivity contribution in [3.8, 4) is 5.75 Å². The van der Waals surface area contributed by atoms with Crippen LogP contribution in [0.2, 0.25) is 0 Å². The summed E-state index contributed by atoms with van der Waals surface area (Å²) in [6.07, 6.45) is 2.76. The van der Waals surface area contributed by atoms with E-state index in [0.717, 1.165) is 34.7 Å². The Bertz CT molecular complexity index is 1250. The van der Waals surface area contributed by atoms with Crippen molar-refractivity contribution in [3.63, 3.8) is 0 Å². The molecule has 4 rings (SSSR count). The van der Waals surface area contributed by atoms with Crippen LogP contribution in [-0.2, 0) is 12.7 Å². The van der Waals surface area contributed by atoms with Crippen LogP contribution in [-0.4, -0.2) is 23.9 Å². The predicted octanol–water partition coefficient (Wildman–Crippen LogP) is 4.64. The minimum Gasteiger partial charge on any atom is -0.495 e. The van der Waals surface area contributed by atoms with Crippen LogP contribution in [0.4, 0.5) is 29.3 Å². The van der Waals surface area contributed by atoms with Crippen LogP contribution < -0.4 is 26.4 Å². The summed E-state index contributed by atoms with van der Waals surface area (Å²) < 4.78 is 46.3.